The maximum absolute atomic E-state index is 12.3. The fraction of sp³-hybridized carbons (Fsp3) is 0.308. The smallest absolute Gasteiger partial charge is 0.255 e. The van der Waals surface area contributed by atoms with Crippen molar-refractivity contribution in [1.82, 2.24) is 14.8 Å². The first-order valence-corrected chi connectivity index (χ1v) is 7.83. The number of hydrogen-bond donors (Lipinski definition) is 1. The minimum Gasteiger partial charge on any atom is -0.379 e. The molecule has 0 aliphatic carbocycles. The van der Waals surface area contributed by atoms with E-state index in [-0.39, 0.29) is 4.90 Å². The van der Waals surface area contributed by atoms with Crippen molar-refractivity contribution in [3.05, 3.63) is 36.5 Å². The lowest BCUT2D eigenvalue weighted by Crippen LogP contribution is -2.48. The van der Waals surface area contributed by atoms with Crippen molar-refractivity contribution >= 4 is 20.9 Å². The van der Waals surface area contributed by atoms with E-state index >= 15 is 0 Å². The Hall–Kier alpha value is -1.54. The summed E-state index contributed by atoms with van der Waals surface area (Å²) < 4.78 is 29.8. The van der Waals surface area contributed by atoms with Crippen LogP contribution in [0.2, 0.25) is 0 Å². The minimum atomic E-state index is -3.59. The molecule has 1 aliphatic heterocycles. The number of hydrazine groups is 1. The van der Waals surface area contributed by atoms with Gasteiger partial charge in [-0.25, -0.2) is 13.4 Å². The van der Waals surface area contributed by atoms with E-state index in [0.29, 0.717) is 26.3 Å². The topological polar surface area (TPSA) is 71.5 Å². The molecule has 0 atom stereocenters. The molecule has 20 heavy (non-hydrogen) atoms. The molecule has 2 aromatic rings. The second kappa shape index (κ2) is 5.45. The lowest BCUT2D eigenvalue weighted by atomic mass is 10.2. The number of benzene rings is 1. The number of para-hydroxylation sites is 1. The van der Waals surface area contributed by atoms with Gasteiger partial charge in [0, 0.05) is 24.7 Å². The standard InChI is InChI=1S/C13H15N3O3S/c17-20(18,15-16-5-7-19-8-6-16)12-9-11-3-1-2-4-13(11)14-10-12/h1-4,9-10,15H,5-8H2. The first-order valence-electron chi connectivity index (χ1n) is 6.35. The van der Waals surface area contributed by atoms with Gasteiger partial charge in [0.15, 0.2) is 0 Å². The van der Waals surface area contributed by atoms with Crippen LogP contribution in [0.1, 0.15) is 0 Å². The normalized spacial score (nSPS) is 17.4. The zero-order valence-electron chi connectivity index (χ0n) is 10.8. The molecule has 6 nitrogen and oxygen atoms in total. The van der Waals surface area contributed by atoms with Crippen molar-refractivity contribution in [2.24, 2.45) is 0 Å². The lowest BCUT2D eigenvalue weighted by Gasteiger charge is -2.26. The van der Waals surface area contributed by atoms with Crippen LogP contribution < -0.4 is 4.83 Å². The predicted molar refractivity (Wildman–Crippen MR) is 74.5 cm³/mol. The molecule has 0 radical (unpaired) electrons. The Morgan fingerprint density at radius 3 is 2.75 bits per heavy atom. The number of pyridine rings is 1. The van der Waals surface area contributed by atoms with Crippen LogP contribution in [-0.2, 0) is 14.8 Å². The first-order chi connectivity index (χ1) is 9.65. The van der Waals surface area contributed by atoms with Crippen molar-refractivity contribution in [1.29, 1.82) is 0 Å². The van der Waals surface area contributed by atoms with Crippen LogP contribution in [0.15, 0.2) is 41.4 Å². The molecule has 1 saturated heterocycles. The van der Waals surface area contributed by atoms with Gasteiger partial charge >= 0.3 is 0 Å². The fourth-order valence-corrected chi connectivity index (χ4v) is 3.18. The molecular formula is C13H15N3O3S. The summed E-state index contributed by atoms with van der Waals surface area (Å²) in [5, 5.41) is 2.45. The number of aromatic nitrogens is 1. The Morgan fingerprint density at radius 1 is 1.20 bits per heavy atom. The summed E-state index contributed by atoms with van der Waals surface area (Å²) in [4.78, 5) is 6.91. The molecule has 1 fully saturated rings. The molecule has 3 rings (SSSR count). The number of fused-ring (bicyclic) bond motifs is 1. The van der Waals surface area contributed by atoms with Crippen LogP contribution >= 0.6 is 0 Å². The summed E-state index contributed by atoms with van der Waals surface area (Å²) in [7, 11) is -3.59. The molecule has 1 aliphatic rings. The number of rotatable bonds is 3. The molecule has 2 heterocycles. The molecule has 106 valence electrons. The van der Waals surface area contributed by atoms with Gasteiger partial charge in [0.2, 0.25) is 0 Å². The summed E-state index contributed by atoms with van der Waals surface area (Å²) in [6.45, 7) is 2.14. The second-order valence-corrected chi connectivity index (χ2v) is 6.22. The average molecular weight is 293 g/mol. The van der Waals surface area contributed by atoms with Gasteiger partial charge in [-0.15, -0.1) is 4.83 Å². The molecule has 7 heteroatoms. The Morgan fingerprint density at radius 2 is 1.95 bits per heavy atom. The van der Waals surface area contributed by atoms with E-state index < -0.39 is 10.0 Å². The third-order valence-corrected chi connectivity index (χ3v) is 4.48. The zero-order valence-corrected chi connectivity index (χ0v) is 11.6. The summed E-state index contributed by atoms with van der Waals surface area (Å²) in [6, 6.07) is 9.05. The number of nitrogens with one attached hydrogen (secondary N) is 1. The summed E-state index contributed by atoms with van der Waals surface area (Å²) in [6.07, 6.45) is 1.38. The van der Waals surface area contributed by atoms with Crippen LogP contribution in [0, 0.1) is 0 Å². The van der Waals surface area contributed by atoms with Crippen LogP contribution in [0.25, 0.3) is 10.9 Å². The molecular weight excluding hydrogens is 278 g/mol. The van der Waals surface area contributed by atoms with Crippen molar-refractivity contribution in [3.8, 4) is 0 Å². The average Bonchev–Trinajstić information content (AvgIpc) is 2.47. The Balaban J connectivity index is 1.88. The van der Waals surface area contributed by atoms with E-state index in [1.807, 2.05) is 24.3 Å². The van der Waals surface area contributed by atoms with E-state index in [9.17, 15) is 8.42 Å². The van der Waals surface area contributed by atoms with Gasteiger partial charge in [0.1, 0.15) is 4.90 Å². The number of morpholine rings is 1. The van der Waals surface area contributed by atoms with Gasteiger partial charge in [0.25, 0.3) is 10.0 Å². The molecule has 0 saturated carbocycles. The van der Waals surface area contributed by atoms with Crippen molar-refractivity contribution in [2.75, 3.05) is 26.3 Å². The molecule has 0 amide bonds. The van der Waals surface area contributed by atoms with E-state index in [4.69, 9.17) is 4.74 Å². The van der Waals surface area contributed by atoms with Crippen molar-refractivity contribution in [3.63, 3.8) is 0 Å². The van der Waals surface area contributed by atoms with Crippen molar-refractivity contribution in [2.45, 2.75) is 4.90 Å². The summed E-state index contributed by atoms with van der Waals surface area (Å²) >= 11 is 0. The Bertz CT molecular complexity index is 712. The van der Waals surface area contributed by atoms with Gasteiger partial charge < -0.3 is 4.74 Å². The molecule has 1 aromatic carbocycles. The number of nitrogens with zero attached hydrogens (tertiary/aromatic N) is 2. The third kappa shape index (κ3) is 2.80. The SMILES string of the molecule is O=S(=O)(NN1CCOCC1)c1cnc2ccccc2c1. The molecule has 0 bridgehead atoms. The van der Waals surface area contributed by atoms with Gasteiger partial charge in [-0.2, -0.15) is 0 Å². The monoisotopic (exact) mass is 293 g/mol. The summed E-state index contributed by atoms with van der Waals surface area (Å²) in [5.74, 6) is 0. The van der Waals surface area contributed by atoms with Crippen molar-refractivity contribution < 1.29 is 13.2 Å². The van der Waals surface area contributed by atoms with Crippen LogP contribution in [0.5, 0.6) is 0 Å². The third-order valence-electron chi connectivity index (χ3n) is 3.14. The quantitative estimate of drug-likeness (QED) is 0.904. The fourth-order valence-electron chi connectivity index (χ4n) is 2.08. The van der Waals surface area contributed by atoms with Crippen LogP contribution in [-0.4, -0.2) is 44.7 Å². The van der Waals surface area contributed by atoms with E-state index in [2.05, 4.69) is 9.82 Å². The van der Waals surface area contributed by atoms with Gasteiger partial charge in [-0.3, -0.25) is 4.98 Å². The number of hydrogen-bond acceptors (Lipinski definition) is 5. The largest absolute Gasteiger partial charge is 0.379 e. The van der Waals surface area contributed by atoms with E-state index in [0.717, 1.165) is 10.9 Å². The highest BCUT2D eigenvalue weighted by molar-refractivity contribution is 7.89. The lowest BCUT2D eigenvalue weighted by molar-refractivity contribution is 0.0272. The maximum atomic E-state index is 12.3. The van der Waals surface area contributed by atoms with Gasteiger partial charge in [0.05, 0.1) is 18.7 Å². The van der Waals surface area contributed by atoms with E-state index in [1.54, 1.807) is 11.1 Å². The molecule has 1 aromatic heterocycles. The van der Waals surface area contributed by atoms with Crippen LogP contribution in [0.4, 0.5) is 0 Å². The highest BCUT2D eigenvalue weighted by Gasteiger charge is 2.20. The minimum absolute atomic E-state index is 0.169. The molecule has 0 unspecified atom stereocenters. The van der Waals surface area contributed by atoms with Gasteiger partial charge in [-0.05, 0) is 12.1 Å². The Kier molecular flexibility index (Phi) is 3.66. The predicted octanol–water partition coefficient (Wildman–Crippen LogP) is 0.760. The highest BCUT2D eigenvalue weighted by atomic mass is 32.2. The second-order valence-electron chi connectivity index (χ2n) is 4.56. The maximum Gasteiger partial charge on any atom is 0.255 e. The Labute approximate surface area is 117 Å². The zero-order chi connectivity index (χ0) is 14.0. The highest BCUT2D eigenvalue weighted by Crippen LogP contribution is 2.16. The first kappa shape index (κ1) is 13.4. The number of ether oxygens (including phenoxy) is 1. The summed E-state index contributed by atoms with van der Waals surface area (Å²) in [5.41, 5.74) is 0.776. The molecule has 0 spiro atoms. The number of sulfonamides is 1. The molecule has 1 N–H and O–H groups in total. The van der Waals surface area contributed by atoms with E-state index in [1.165, 1.54) is 6.20 Å². The van der Waals surface area contributed by atoms with Gasteiger partial charge in [-0.1, -0.05) is 18.2 Å². The van der Waals surface area contributed by atoms with Crippen LogP contribution in [0.3, 0.4) is 0 Å².